The number of ether oxygens (including phenoxy) is 1. The van der Waals surface area contributed by atoms with Crippen molar-refractivity contribution in [3.63, 3.8) is 0 Å². The average Bonchev–Trinajstić information content (AvgIpc) is 3.73. The summed E-state index contributed by atoms with van der Waals surface area (Å²) in [5, 5.41) is 28.1. The number of amides is 1. The first kappa shape index (κ1) is 24.8. The molecule has 11 nitrogen and oxygen atoms in total. The van der Waals surface area contributed by atoms with E-state index in [1.54, 1.807) is 22.0 Å². The Labute approximate surface area is 235 Å². The predicted octanol–water partition coefficient (Wildman–Crippen LogP) is 4.27. The van der Waals surface area contributed by atoms with Gasteiger partial charge in [0.1, 0.15) is 12.7 Å². The molecule has 4 aromatic heterocycles. The van der Waals surface area contributed by atoms with Crippen LogP contribution in [0.3, 0.4) is 0 Å². The topological polar surface area (TPSA) is 125 Å². The minimum Gasteiger partial charge on any atom is -0.448 e. The lowest BCUT2D eigenvalue weighted by molar-refractivity contribution is 0.122. The van der Waals surface area contributed by atoms with Gasteiger partial charge in [-0.3, -0.25) is 4.98 Å². The van der Waals surface area contributed by atoms with Gasteiger partial charge >= 0.3 is 6.09 Å². The molecule has 1 saturated carbocycles. The Morgan fingerprint density at radius 2 is 1.98 bits per heavy atom. The van der Waals surface area contributed by atoms with E-state index in [2.05, 4.69) is 45.4 Å². The van der Waals surface area contributed by atoms with Crippen molar-refractivity contribution in [1.82, 2.24) is 29.7 Å². The van der Waals surface area contributed by atoms with Crippen LogP contribution in [0.2, 0.25) is 0 Å². The van der Waals surface area contributed by atoms with Crippen LogP contribution >= 0.6 is 11.3 Å². The third-order valence-corrected chi connectivity index (χ3v) is 9.11. The molecule has 2 aliphatic heterocycles. The van der Waals surface area contributed by atoms with Gasteiger partial charge in [-0.1, -0.05) is 11.3 Å². The van der Waals surface area contributed by atoms with Crippen LogP contribution < -0.4 is 10.2 Å². The van der Waals surface area contributed by atoms with Gasteiger partial charge in [-0.15, -0.1) is 10.2 Å². The number of aromatic nitrogens is 5. The van der Waals surface area contributed by atoms with Crippen LogP contribution in [0.15, 0.2) is 36.7 Å². The minimum atomic E-state index is -0.162. The largest absolute Gasteiger partial charge is 0.448 e. The van der Waals surface area contributed by atoms with Crippen LogP contribution in [-0.2, 0) is 4.74 Å². The summed E-state index contributed by atoms with van der Waals surface area (Å²) in [6.45, 7) is 7.14. The van der Waals surface area contributed by atoms with Crippen molar-refractivity contribution < 1.29 is 9.53 Å². The maximum absolute atomic E-state index is 12.2. The molecule has 4 aromatic rings. The Hall–Kier alpha value is -4.24. The number of anilines is 2. The number of piperidine rings is 1. The number of carbonyl (C=O) groups excluding carboxylic acids is 1. The standard InChI is InChI=1S/C28H29N9O2S/c1-16(2)32-22-10-23(24-6-5-20-9-17(11-29)12-31-37(20)24)30-13-21(22)26-33-34-27(40-26)35-14-18-3-4-19(15-35)25(18)36-7-8-39-28(36)38/h5-6,9-10,12-13,16,18-19,25H,3-4,7-8,14-15H2,1-2H3,(H,30,32)/t18-,19+,25-. The van der Waals surface area contributed by atoms with Crippen LogP contribution in [0, 0.1) is 23.2 Å². The first-order valence-electron chi connectivity index (χ1n) is 13.7. The zero-order chi connectivity index (χ0) is 27.4. The second-order valence-electron chi connectivity index (χ2n) is 11.0. The molecular weight excluding hydrogens is 526 g/mol. The van der Waals surface area contributed by atoms with E-state index in [4.69, 9.17) is 9.72 Å². The molecule has 12 heteroatoms. The fourth-order valence-electron chi connectivity index (χ4n) is 6.44. The van der Waals surface area contributed by atoms with Gasteiger partial charge in [0.15, 0.2) is 5.01 Å². The Kier molecular flexibility index (Phi) is 6.04. The molecule has 3 fully saturated rings. The van der Waals surface area contributed by atoms with Crippen molar-refractivity contribution in [2.75, 3.05) is 36.5 Å². The Balaban J connectivity index is 1.16. The number of nitrogens with zero attached hydrogens (tertiary/aromatic N) is 8. The first-order chi connectivity index (χ1) is 19.5. The van der Waals surface area contributed by atoms with Gasteiger partial charge in [0, 0.05) is 37.1 Å². The molecule has 3 aliphatic rings. The van der Waals surface area contributed by atoms with Crippen molar-refractivity contribution in [2.45, 2.75) is 38.8 Å². The Morgan fingerprint density at radius 3 is 2.70 bits per heavy atom. The summed E-state index contributed by atoms with van der Waals surface area (Å²) in [6.07, 6.45) is 5.49. The van der Waals surface area contributed by atoms with E-state index in [9.17, 15) is 10.1 Å². The normalized spacial score (nSPS) is 22.2. The Bertz CT molecular complexity index is 1630. The van der Waals surface area contributed by atoms with E-state index >= 15 is 0 Å². The zero-order valence-electron chi connectivity index (χ0n) is 22.3. The number of fused-ring (bicyclic) bond motifs is 3. The third-order valence-electron chi connectivity index (χ3n) is 8.09. The van der Waals surface area contributed by atoms with Crippen LogP contribution in [0.1, 0.15) is 32.3 Å². The highest BCUT2D eigenvalue weighted by molar-refractivity contribution is 7.18. The molecule has 0 aromatic carbocycles. The van der Waals surface area contributed by atoms with Gasteiger partial charge in [0.05, 0.1) is 40.8 Å². The first-order valence-corrected chi connectivity index (χ1v) is 14.5. The lowest BCUT2D eigenvalue weighted by Gasteiger charge is -2.41. The van der Waals surface area contributed by atoms with Gasteiger partial charge in [-0.2, -0.15) is 10.4 Å². The monoisotopic (exact) mass is 555 g/mol. The lowest BCUT2D eigenvalue weighted by Crippen LogP contribution is -2.53. The van der Waals surface area contributed by atoms with Crippen molar-refractivity contribution in [3.05, 3.63) is 42.2 Å². The van der Waals surface area contributed by atoms with E-state index < -0.39 is 0 Å². The summed E-state index contributed by atoms with van der Waals surface area (Å²) < 4.78 is 7.03. The molecule has 7 rings (SSSR count). The quantitative estimate of drug-likeness (QED) is 0.371. The number of nitrogens with one attached hydrogen (secondary N) is 1. The molecule has 2 saturated heterocycles. The molecule has 204 valence electrons. The molecule has 2 bridgehead atoms. The fourth-order valence-corrected chi connectivity index (χ4v) is 7.32. The van der Waals surface area contributed by atoms with E-state index in [0.717, 1.165) is 64.2 Å². The molecule has 3 atom stereocenters. The van der Waals surface area contributed by atoms with Crippen molar-refractivity contribution >= 4 is 33.8 Å². The van der Waals surface area contributed by atoms with E-state index in [1.807, 2.05) is 35.4 Å². The molecular formula is C28H29N9O2S. The molecule has 0 radical (unpaired) electrons. The van der Waals surface area contributed by atoms with Gasteiger partial charge in [-0.05, 0) is 62.8 Å². The number of pyridine rings is 1. The average molecular weight is 556 g/mol. The van der Waals surface area contributed by atoms with Gasteiger partial charge in [-0.25, -0.2) is 9.31 Å². The number of rotatable bonds is 6. The second-order valence-corrected chi connectivity index (χ2v) is 12.0. The van der Waals surface area contributed by atoms with Gasteiger partial charge in [0.2, 0.25) is 5.13 Å². The van der Waals surface area contributed by atoms with Crippen molar-refractivity contribution in [1.29, 1.82) is 5.26 Å². The minimum absolute atomic E-state index is 0.162. The fraction of sp³-hybridized carbons (Fsp3) is 0.429. The summed E-state index contributed by atoms with van der Waals surface area (Å²) in [7, 11) is 0. The van der Waals surface area contributed by atoms with E-state index in [1.165, 1.54) is 0 Å². The number of nitriles is 1. The van der Waals surface area contributed by atoms with Crippen molar-refractivity contribution in [2.24, 2.45) is 11.8 Å². The Morgan fingerprint density at radius 1 is 1.15 bits per heavy atom. The van der Waals surface area contributed by atoms with Crippen LogP contribution in [0.25, 0.3) is 27.5 Å². The predicted molar refractivity (Wildman–Crippen MR) is 151 cm³/mol. The van der Waals surface area contributed by atoms with Crippen LogP contribution in [0.5, 0.6) is 0 Å². The van der Waals surface area contributed by atoms with Crippen molar-refractivity contribution in [3.8, 4) is 28.0 Å². The smallest absolute Gasteiger partial charge is 0.410 e. The lowest BCUT2D eigenvalue weighted by atomic mass is 9.91. The maximum atomic E-state index is 12.2. The van der Waals surface area contributed by atoms with Crippen LogP contribution in [-0.4, -0.2) is 74.1 Å². The molecule has 0 unspecified atom stereocenters. The molecule has 1 aliphatic carbocycles. The maximum Gasteiger partial charge on any atom is 0.410 e. The number of cyclic esters (lactones) is 1. The number of carbonyl (C=O) groups is 1. The highest BCUT2D eigenvalue weighted by Crippen LogP contribution is 2.44. The van der Waals surface area contributed by atoms with Crippen LogP contribution in [0.4, 0.5) is 15.6 Å². The molecule has 40 heavy (non-hydrogen) atoms. The highest BCUT2D eigenvalue weighted by atomic mass is 32.1. The second kappa shape index (κ2) is 9.75. The summed E-state index contributed by atoms with van der Waals surface area (Å²) in [5.74, 6) is 0.844. The van der Waals surface area contributed by atoms with E-state index in [-0.39, 0.29) is 18.2 Å². The highest BCUT2D eigenvalue weighted by Gasteiger charge is 2.48. The zero-order valence-corrected chi connectivity index (χ0v) is 23.1. The summed E-state index contributed by atoms with van der Waals surface area (Å²) in [5.41, 5.74) is 4.80. The molecule has 1 amide bonds. The molecule has 6 heterocycles. The van der Waals surface area contributed by atoms with Gasteiger partial charge < -0.3 is 19.9 Å². The summed E-state index contributed by atoms with van der Waals surface area (Å²) >= 11 is 1.58. The molecule has 1 N–H and O–H groups in total. The molecule has 0 spiro atoms. The van der Waals surface area contributed by atoms with Gasteiger partial charge in [0.25, 0.3) is 0 Å². The van der Waals surface area contributed by atoms with E-state index in [0.29, 0.717) is 30.6 Å². The summed E-state index contributed by atoms with van der Waals surface area (Å²) in [6, 6.07) is 10.4. The third kappa shape index (κ3) is 4.21. The number of hydrogen-bond acceptors (Lipinski definition) is 10. The number of hydrogen-bond donors (Lipinski definition) is 1. The summed E-state index contributed by atoms with van der Waals surface area (Å²) in [4.78, 5) is 21.3. The SMILES string of the molecule is CC(C)Nc1cc(-c2ccc3cc(C#N)cnn23)ncc1-c1nnc(N2C[C@H]3CC[C@@H](C2)[C@@H]3N2CCOC2=O)s1.